The summed E-state index contributed by atoms with van der Waals surface area (Å²) in [6.07, 6.45) is -3.32. The highest BCUT2D eigenvalue weighted by Gasteiger charge is 2.34. The molecule has 0 atom stereocenters. The normalized spacial score (nSPS) is 11.5. The van der Waals surface area contributed by atoms with Gasteiger partial charge >= 0.3 is 6.18 Å². The standard InChI is InChI=1S/C17H14F3IN2O3/c1-25-14-8-10(7-13(21)15(14)26-2)9-22-23-16(24)11-5-3-4-6-12(11)17(18,19)20/h3-9H,1-2H3,(H,23,24)/b22-9+. The SMILES string of the molecule is COc1cc(/C=N/NC(=O)c2ccccc2C(F)(F)F)cc(I)c1OC. The van der Waals surface area contributed by atoms with Crippen molar-refractivity contribution in [2.24, 2.45) is 5.10 Å². The molecule has 2 rings (SSSR count). The fraction of sp³-hybridized carbons (Fsp3) is 0.176. The Bertz CT molecular complexity index is 838. The Morgan fingerprint density at radius 1 is 1.19 bits per heavy atom. The van der Waals surface area contributed by atoms with Gasteiger partial charge in [-0.05, 0) is 52.4 Å². The molecule has 2 aromatic rings. The molecule has 138 valence electrons. The number of carbonyl (C=O) groups is 1. The number of methoxy groups -OCH3 is 2. The van der Waals surface area contributed by atoms with Gasteiger partial charge in [-0.2, -0.15) is 18.3 Å². The second-order valence-electron chi connectivity index (χ2n) is 4.98. The van der Waals surface area contributed by atoms with Crippen molar-refractivity contribution in [1.29, 1.82) is 0 Å². The molecular formula is C17H14F3IN2O3. The highest BCUT2D eigenvalue weighted by Crippen LogP contribution is 2.33. The molecule has 0 saturated heterocycles. The summed E-state index contributed by atoms with van der Waals surface area (Å²) in [6, 6.07) is 7.85. The van der Waals surface area contributed by atoms with Crippen LogP contribution in [0.25, 0.3) is 0 Å². The molecule has 0 fully saturated rings. The first kappa shape index (κ1) is 20.0. The maximum absolute atomic E-state index is 13.0. The Hall–Kier alpha value is -2.30. The van der Waals surface area contributed by atoms with E-state index >= 15 is 0 Å². The van der Waals surface area contributed by atoms with E-state index in [2.05, 4.69) is 10.5 Å². The summed E-state index contributed by atoms with van der Waals surface area (Å²) in [5.41, 5.74) is 1.16. The van der Waals surface area contributed by atoms with Crippen molar-refractivity contribution in [3.8, 4) is 11.5 Å². The van der Waals surface area contributed by atoms with Crippen LogP contribution in [0.4, 0.5) is 13.2 Å². The zero-order valence-corrected chi connectivity index (χ0v) is 15.9. The molecule has 1 amide bonds. The van der Waals surface area contributed by atoms with Crippen molar-refractivity contribution >= 4 is 34.7 Å². The number of nitrogens with one attached hydrogen (secondary N) is 1. The maximum atomic E-state index is 13.0. The van der Waals surface area contributed by atoms with Gasteiger partial charge in [0, 0.05) is 0 Å². The van der Waals surface area contributed by atoms with Crippen molar-refractivity contribution < 1.29 is 27.4 Å². The number of halogens is 4. The smallest absolute Gasteiger partial charge is 0.417 e. The van der Waals surface area contributed by atoms with E-state index in [0.717, 1.165) is 15.7 Å². The van der Waals surface area contributed by atoms with Gasteiger partial charge in [-0.25, -0.2) is 5.43 Å². The second kappa shape index (κ2) is 8.39. The van der Waals surface area contributed by atoms with Gasteiger partial charge in [0.15, 0.2) is 11.5 Å². The molecule has 0 radical (unpaired) electrons. The number of amides is 1. The number of rotatable bonds is 5. The number of carbonyl (C=O) groups excluding carboxylic acids is 1. The zero-order chi connectivity index (χ0) is 19.3. The van der Waals surface area contributed by atoms with E-state index in [9.17, 15) is 18.0 Å². The quantitative estimate of drug-likeness (QED) is 0.400. The van der Waals surface area contributed by atoms with Crippen LogP contribution in [0.5, 0.6) is 11.5 Å². The van der Waals surface area contributed by atoms with Crippen LogP contribution < -0.4 is 14.9 Å². The third-order valence-electron chi connectivity index (χ3n) is 3.31. The van der Waals surface area contributed by atoms with Crippen LogP contribution in [0.15, 0.2) is 41.5 Å². The molecule has 0 aliphatic rings. The van der Waals surface area contributed by atoms with Crippen molar-refractivity contribution in [3.05, 3.63) is 56.7 Å². The van der Waals surface area contributed by atoms with Gasteiger partial charge < -0.3 is 9.47 Å². The second-order valence-corrected chi connectivity index (χ2v) is 6.14. The third kappa shape index (κ3) is 4.65. The first-order valence-corrected chi connectivity index (χ1v) is 8.27. The van der Waals surface area contributed by atoms with E-state index < -0.39 is 23.2 Å². The van der Waals surface area contributed by atoms with Crippen LogP contribution >= 0.6 is 22.6 Å². The molecule has 0 saturated carbocycles. The lowest BCUT2D eigenvalue weighted by Gasteiger charge is -2.11. The molecule has 0 unspecified atom stereocenters. The Morgan fingerprint density at radius 3 is 2.50 bits per heavy atom. The van der Waals surface area contributed by atoms with Crippen molar-refractivity contribution in [2.45, 2.75) is 6.18 Å². The molecule has 0 spiro atoms. The third-order valence-corrected chi connectivity index (χ3v) is 4.11. The van der Waals surface area contributed by atoms with E-state index in [1.807, 2.05) is 22.6 Å². The van der Waals surface area contributed by atoms with E-state index in [1.165, 1.54) is 32.6 Å². The minimum absolute atomic E-state index is 0.467. The monoisotopic (exact) mass is 478 g/mol. The number of hydrogen-bond donors (Lipinski definition) is 1. The molecule has 1 N–H and O–H groups in total. The molecule has 5 nitrogen and oxygen atoms in total. The van der Waals surface area contributed by atoms with Gasteiger partial charge in [0.2, 0.25) is 0 Å². The van der Waals surface area contributed by atoms with E-state index in [-0.39, 0.29) is 0 Å². The Labute approximate surface area is 161 Å². The number of hydrazone groups is 1. The molecule has 0 aromatic heterocycles. The molecular weight excluding hydrogens is 464 g/mol. The summed E-state index contributed by atoms with van der Waals surface area (Å²) in [6.45, 7) is 0. The van der Waals surface area contributed by atoms with Crippen LogP contribution in [-0.2, 0) is 6.18 Å². The highest BCUT2D eigenvalue weighted by molar-refractivity contribution is 14.1. The van der Waals surface area contributed by atoms with Crippen molar-refractivity contribution in [1.82, 2.24) is 5.43 Å². The average Bonchev–Trinajstić information content (AvgIpc) is 2.60. The predicted octanol–water partition coefficient (Wildman–Crippen LogP) is 4.09. The van der Waals surface area contributed by atoms with Gasteiger partial charge in [0.25, 0.3) is 5.91 Å². The minimum Gasteiger partial charge on any atom is -0.493 e. The Balaban J connectivity index is 2.20. The summed E-state index contributed by atoms with van der Waals surface area (Å²) in [7, 11) is 2.98. The lowest BCUT2D eigenvalue weighted by Crippen LogP contribution is -2.22. The van der Waals surface area contributed by atoms with Crippen LogP contribution in [0, 0.1) is 3.57 Å². The summed E-state index contributed by atoms with van der Waals surface area (Å²) in [5.74, 6) is 0.0623. The summed E-state index contributed by atoms with van der Waals surface area (Å²) >= 11 is 2.04. The number of alkyl halides is 3. The highest BCUT2D eigenvalue weighted by atomic mass is 127. The van der Waals surface area contributed by atoms with Gasteiger partial charge in [0.1, 0.15) is 0 Å². The summed E-state index contributed by atoms with van der Waals surface area (Å²) in [5, 5.41) is 3.72. The summed E-state index contributed by atoms with van der Waals surface area (Å²) < 4.78 is 50.0. The van der Waals surface area contributed by atoms with Gasteiger partial charge in [-0.3, -0.25) is 4.79 Å². The minimum atomic E-state index is -4.63. The van der Waals surface area contributed by atoms with E-state index in [4.69, 9.17) is 9.47 Å². The van der Waals surface area contributed by atoms with Crippen molar-refractivity contribution in [2.75, 3.05) is 14.2 Å². The lowest BCUT2D eigenvalue weighted by molar-refractivity contribution is -0.137. The fourth-order valence-electron chi connectivity index (χ4n) is 2.17. The number of hydrogen-bond acceptors (Lipinski definition) is 4. The number of nitrogens with zero attached hydrogens (tertiary/aromatic N) is 1. The average molecular weight is 478 g/mol. The Morgan fingerprint density at radius 2 is 1.88 bits per heavy atom. The summed E-state index contributed by atoms with van der Waals surface area (Å²) in [4.78, 5) is 12.0. The topological polar surface area (TPSA) is 59.9 Å². The molecule has 0 bridgehead atoms. The van der Waals surface area contributed by atoms with Gasteiger partial charge in [-0.15, -0.1) is 0 Å². The van der Waals surface area contributed by atoms with Crippen LogP contribution in [-0.4, -0.2) is 26.3 Å². The number of ether oxygens (including phenoxy) is 2. The Kier molecular flexibility index (Phi) is 6.46. The van der Waals surface area contributed by atoms with Crippen LogP contribution in [0.2, 0.25) is 0 Å². The lowest BCUT2D eigenvalue weighted by atomic mass is 10.1. The molecule has 0 aliphatic heterocycles. The zero-order valence-electron chi connectivity index (χ0n) is 13.7. The van der Waals surface area contributed by atoms with Crippen molar-refractivity contribution in [3.63, 3.8) is 0 Å². The fourth-order valence-corrected chi connectivity index (χ4v) is 3.01. The molecule has 0 heterocycles. The molecule has 9 heteroatoms. The first-order valence-electron chi connectivity index (χ1n) is 7.19. The molecule has 0 aliphatic carbocycles. The van der Waals surface area contributed by atoms with Gasteiger partial charge in [-0.1, -0.05) is 12.1 Å². The van der Waals surface area contributed by atoms with E-state index in [1.54, 1.807) is 12.1 Å². The molecule has 2 aromatic carbocycles. The van der Waals surface area contributed by atoms with Crippen LogP contribution in [0.3, 0.4) is 0 Å². The van der Waals surface area contributed by atoms with E-state index in [0.29, 0.717) is 17.1 Å². The van der Waals surface area contributed by atoms with Gasteiger partial charge in [0.05, 0.1) is 35.1 Å². The maximum Gasteiger partial charge on any atom is 0.417 e. The number of benzene rings is 2. The predicted molar refractivity (Wildman–Crippen MR) is 98.8 cm³/mol. The first-order chi connectivity index (χ1) is 12.3. The molecule has 26 heavy (non-hydrogen) atoms. The van der Waals surface area contributed by atoms with Crippen LogP contribution in [0.1, 0.15) is 21.5 Å². The largest absolute Gasteiger partial charge is 0.493 e.